The molecule has 0 aliphatic carbocycles. The summed E-state index contributed by atoms with van der Waals surface area (Å²) >= 11 is 0. The van der Waals surface area contributed by atoms with Crippen LogP contribution < -0.4 is 0 Å². The minimum Gasteiger partial charge on any atom is -0.465 e. The average molecular weight is 214 g/mol. The number of rotatable bonds is 3. The maximum atomic E-state index is 13.2. The van der Waals surface area contributed by atoms with Crippen LogP contribution in [0.25, 0.3) is 0 Å². The SMILES string of the molecule is COC(=O)C(F)(F)Cc1ccccc1C. The van der Waals surface area contributed by atoms with Crippen molar-refractivity contribution in [3.05, 3.63) is 35.4 Å². The molecule has 0 amide bonds. The third-order valence-corrected chi connectivity index (χ3v) is 2.16. The van der Waals surface area contributed by atoms with Gasteiger partial charge in [-0.1, -0.05) is 24.3 Å². The molecule has 0 spiro atoms. The first-order valence-corrected chi connectivity index (χ1v) is 4.48. The second-order valence-electron chi connectivity index (χ2n) is 3.30. The lowest BCUT2D eigenvalue weighted by molar-refractivity contribution is -0.168. The van der Waals surface area contributed by atoms with Crippen LogP contribution in [0.15, 0.2) is 24.3 Å². The number of carbonyl (C=O) groups is 1. The van der Waals surface area contributed by atoms with Crippen LogP contribution in [0, 0.1) is 6.92 Å². The molecule has 0 aliphatic rings. The number of carbonyl (C=O) groups excluding carboxylic acids is 1. The van der Waals surface area contributed by atoms with Crippen LogP contribution >= 0.6 is 0 Å². The zero-order valence-electron chi connectivity index (χ0n) is 8.59. The molecule has 0 aliphatic heterocycles. The number of benzene rings is 1. The lowest BCUT2D eigenvalue weighted by Gasteiger charge is -2.14. The topological polar surface area (TPSA) is 26.3 Å². The molecule has 4 heteroatoms. The van der Waals surface area contributed by atoms with Gasteiger partial charge in [0, 0.05) is 6.42 Å². The van der Waals surface area contributed by atoms with Crippen molar-refractivity contribution in [3.63, 3.8) is 0 Å². The van der Waals surface area contributed by atoms with E-state index in [1.807, 2.05) is 0 Å². The van der Waals surface area contributed by atoms with Gasteiger partial charge in [-0.2, -0.15) is 8.78 Å². The number of ether oxygens (including phenoxy) is 1. The number of methoxy groups -OCH3 is 1. The minimum atomic E-state index is -3.46. The number of hydrogen-bond acceptors (Lipinski definition) is 2. The summed E-state index contributed by atoms with van der Waals surface area (Å²) in [7, 11) is 0.952. The molecular weight excluding hydrogens is 202 g/mol. The molecule has 0 unspecified atom stereocenters. The van der Waals surface area contributed by atoms with Gasteiger partial charge in [0.05, 0.1) is 7.11 Å². The Bertz CT molecular complexity index is 361. The van der Waals surface area contributed by atoms with E-state index in [4.69, 9.17) is 0 Å². The number of alkyl halides is 2. The fraction of sp³-hybridized carbons (Fsp3) is 0.364. The van der Waals surface area contributed by atoms with Gasteiger partial charge in [-0.3, -0.25) is 0 Å². The van der Waals surface area contributed by atoms with Crippen molar-refractivity contribution in [2.24, 2.45) is 0 Å². The van der Waals surface area contributed by atoms with Crippen molar-refractivity contribution in [1.29, 1.82) is 0 Å². The lowest BCUT2D eigenvalue weighted by Crippen LogP contribution is -2.32. The van der Waals surface area contributed by atoms with E-state index in [0.29, 0.717) is 5.56 Å². The number of hydrogen-bond donors (Lipinski definition) is 0. The maximum Gasteiger partial charge on any atom is 0.377 e. The van der Waals surface area contributed by atoms with Gasteiger partial charge in [0.1, 0.15) is 0 Å². The van der Waals surface area contributed by atoms with Crippen LogP contribution in [0.3, 0.4) is 0 Å². The molecule has 0 radical (unpaired) electrons. The summed E-state index contributed by atoms with van der Waals surface area (Å²) in [6, 6.07) is 6.72. The Balaban J connectivity index is 2.86. The van der Waals surface area contributed by atoms with Crippen molar-refractivity contribution in [2.75, 3.05) is 7.11 Å². The van der Waals surface area contributed by atoms with Crippen molar-refractivity contribution in [1.82, 2.24) is 0 Å². The highest BCUT2D eigenvalue weighted by Gasteiger charge is 2.40. The molecule has 0 fully saturated rings. The standard InChI is InChI=1S/C11H12F2O2/c1-8-5-3-4-6-9(8)7-11(12,13)10(14)15-2/h3-6H,7H2,1-2H3. The van der Waals surface area contributed by atoms with E-state index >= 15 is 0 Å². The van der Waals surface area contributed by atoms with E-state index in [1.54, 1.807) is 31.2 Å². The van der Waals surface area contributed by atoms with Crippen LogP contribution in [-0.2, 0) is 16.0 Å². The van der Waals surface area contributed by atoms with E-state index in [9.17, 15) is 13.6 Å². The first-order chi connectivity index (χ1) is 6.97. The van der Waals surface area contributed by atoms with Crippen molar-refractivity contribution < 1.29 is 18.3 Å². The van der Waals surface area contributed by atoms with Gasteiger partial charge in [-0.05, 0) is 18.1 Å². The molecule has 15 heavy (non-hydrogen) atoms. The predicted octanol–water partition coefficient (Wildman–Crippen LogP) is 2.35. The number of aryl methyl sites for hydroxylation is 1. The summed E-state index contributed by atoms with van der Waals surface area (Å²) in [5.74, 6) is -4.95. The van der Waals surface area contributed by atoms with Crippen molar-refractivity contribution in [2.45, 2.75) is 19.3 Å². The normalized spacial score (nSPS) is 11.2. The molecule has 0 heterocycles. The van der Waals surface area contributed by atoms with Gasteiger partial charge in [-0.15, -0.1) is 0 Å². The van der Waals surface area contributed by atoms with Crippen LogP contribution in [0.5, 0.6) is 0 Å². The lowest BCUT2D eigenvalue weighted by atomic mass is 10.0. The number of esters is 1. The third kappa shape index (κ3) is 2.75. The van der Waals surface area contributed by atoms with Crippen molar-refractivity contribution in [3.8, 4) is 0 Å². The summed E-state index contributed by atoms with van der Waals surface area (Å²) in [5, 5.41) is 0. The highest BCUT2D eigenvalue weighted by atomic mass is 19.3. The minimum absolute atomic E-state index is 0.452. The molecule has 0 aromatic heterocycles. The van der Waals surface area contributed by atoms with Gasteiger partial charge < -0.3 is 4.74 Å². The Hall–Kier alpha value is -1.45. The molecule has 2 nitrogen and oxygen atoms in total. The quantitative estimate of drug-likeness (QED) is 0.722. The summed E-state index contributed by atoms with van der Waals surface area (Å²) in [6.45, 7) is 1.72. The molecule has 0 saturated carbocycles. The largest absolute Gasteiger partial charge is 0.465 e. The first kappa shape index (κ1) is 11.6. The smallest absolute Gasteiger partial charge is 0.377 e. The molecule has 1 aromatic rings. The van der Waals surface area contributed by atoms with Crippen LogP contribution in [0.2, 0.25) is 0 Å². The van der Waals surface area contributed by atoms with Gasteiger partial charge in [0.25, 0.3) is 0 Å². The number of halogens is 2. The zero-order chi connectivity index (χ0) is 11.5. The van der Waals surface area contributed by atoms with Gasteiger partial charge in [-0.25, -0.2) is 4.79 Å². The summed E-state index contributed by atoms with van der Waals surface area (Å²) < 4.78 is 30.5. The van der Waals surface area contributed by atoms with E-state index in [0.717, 1.165) is 12.7 Å². The Morgan fingerprint density at radius 2 is 2.00 bits per heavy atom. The van der Waals surface area contributed by atoms with Crippen LogP contribution in [0.1, 0.15) is 11.1 Å². The fourth-order valence-electron chi connectivity index (χ4n) is 1.27. The molecule has 0 N–H and O–H groups in total. The Morgan fingerprint density at radius 1 is 1.40 bits per heavy atom. The van der Waals surface area contributed by atoms with E-state index < -0.39 is 18.3 Å². The van der Waals surface area contributed by atoms with E-state index in [2.05, 4.69) is 4.74 Å². The third-order valence-electron chi connectivity index (χ3n) is 2.16. The zero-order valence-corrected chi connectivity index (χ0v) is 8.59. The highest BCUT2D eigenvalue weighted by molar-refractivity contribution is 5.77. The fourth-order valence-corrected chi connectivity index (χ4v) is 1.27. The molecule has 1 rings (SSSR count). The monoisotopic (exact) mass is 214 g/mol. The molecule has 0 saturated heterocycles. The Labute approximate surface area is 86.9 Å². The van der Waals surface area contributed by atoms with Gasteiger partial charge >= 0.3 is 11.9 Å². The summed E-state index contributed by atoms with van der Waals surface area (Å²) in [4.78, 5) is 10.8. The highest BCUT2D eigenvalue weighted by Crippen LogP contribution is 2.23. The molecule has 0 atom stereocenters. The summed E-state index contributed by atoms with van der Waals surface area (Å²) in [5.41, 5.74) is 1.19. The van der Waals surface area contributed by atoms with Gasteiger partial charge in [0.2, 0.25) is 0 Å². The van der Waals surface area contributed by atoms with Crippen molar-refractivity contribution >= 4 is 5.97 Å². The maximum absolute atomic E-state index is 13.2. The van der Waals surface area contributed by atoms with E-state index in [1.165, 1.54) is 0 Å². The first-order valence-electron chi connectivity index (χ1n) is 4.48. The van der Waals surface area contributed by atoms with Crippen LogP contribution in [-0.4, -0.2) is 19.0 Å². The Morgan fingerprint density at radius 3 is 2.53 bits per heavy atom. The average Bonchev–Trinajstić information content (AvgIpc) is 2.20. The Kier molecular flexibility index (Phi) is 3.39. The van der Waals surface area contributed by atoms with E-state index in [-0.39, 0.29) is 0 Å². The predicted molar refractivity (Wildman–Crippen MR) is 51.8 cm³/mol. The molecule has 82 valence electrons. The second kappa shape index (κ2) is 4.38. The molecular formula is C11H12F2O2. The van der Waals surface area contributed by atoms with Crippen LogP contribution in [0.4, 0.5) is 8.78 Å². The second-order valence-corrected chi connectivity index (χ2v) is 3.30. The molecule has 1 aromatic carbocycles. The van der Waals surface area contributed by atoms with Gasteiger partial charge in [0.15, 0.2) is 0 Å². The molecule has 0 bridgehead atoms. The summed E-state index contributed by atoms with van der Waals surface area (Å²) in [6.07, 6.45) is -0.619.